The van der Waals surface area contributed by atoms with E-state index in [-0.39, 0.29) is 24.8 Å². The van der Waals surface area contributed by atoms with Crippen molar-refractivity contribution in [1.29, 1.82) is 0 Å². The summed E-state index contributed by atoms with van der Waals surface area (Å²) >= 11 is 0. The number of nitrogens with zero attached hydrogens (tertiary/aromatic N) is 3. The quantitative estimate of drug-likeness (QED) is 0.928. The van der Waals surface area contributed by atoms with Crippen LogP contribution in [0.2, 0.25) is 0 Å². The van der Waals surface area contributed by atoms with E-state index in [1.807, 2.05) is 0 Å². The van der Waals surface area contributed by atoms with Crippen molar-refractivity contribution in [2.45, 2.75) is 64.0 Å². The molecule has 2 fully saturated rings. The highest BCUT2D eigenvalue weighted by molar-refractivity contribution is 5.93. The lowest BCUT2D eigenvalue weighted by atomic mass is 9.92. The van der Waals surface area contributed by atoms with Gasteiger partial charge in [0.05, 0.1) is 12.2 Å². The highest BCUT2D eigenvalue weighted by Gasteiger charge is 2.35. The van der Waals surface area contributed by atoms with Crippen LogP contribution in [0.3, 0.4) is 0 Å². The van der Waals surface area contributed by atoms with E-state index < -0.39 is 5.92 Å². The summed E-state index contributed by atoms with van der Waals surface area (Å²) in [5.41, 5.74) is 0.905. The molecule has 21 heavy (non-hydrogen) atoms. The fraction of sp³-hybridized carbons (Fsp3) is 0.786. The van der Waals surface area contributed by atoms with Gasteiger partial charge in [-0.15, -0.1) is 5.10 Å². The van der Waals surface area contributed by atoms with Gasteiger partial charge in [0.25, 0.3) is 5.91 Å². The molecule has 2 aliphatic rings. The van der Waals surface area contributed by atoms with Crippen LogP contribution in [0, 0.1) is 12.8 Å². The third-order valence-electron chi connectivity index (χ3n) is 4.21. The third kappa shape index (κ3) is 3.57. The standard InChI is InChI=1S/C14H20F2N4O/c1-9-12(19-20(18-9)8-10-2-3-10)13(21)17-11-4-6-14(15,16)7-5-11/h10-11H,2-8H2,1H3,(H,17,21). The molecular formula is C14H20F2N4O. The summed E-state index contributed by atoms with van der Waals surface area (Å²) in [6.45, 7) is 2.50. The molecule has 0 radical (unpaired) electrons. The Hall–Kier alpha value is -1.53. The molecule has 2 aliphatic carbocycles. The van der Waals surface area contributed by atoms with Crippen molar-refractivity contribution in [1.82, 2.24) is 20.3 Å². The largest absolute Gasteiger partial charge is 0.348 e. The summed E-state index contributed by atoms with van der Waals surface area (Å²) in [5, 5.41) is 11.3. The third-order valence-corrected chi connectivity index (χ3v) is 4.21. The predicted molar refractivity (Wildman–Crippen MR) is 72.2 cm³/mol. The highest BCUT2D eigenvalue weighted by Crippen LogP contribution is 2.33. The van der Waals surface area contributed by atoms with Gasteiger partial charge in [-0.2, -0.15) is 9.90 Å². The Bertz CT molecular complexity index is 529. The molecule has 1 N–H and O–H groups in total. The van der Waals surface area contributed by atoms with Crippen LogP contribution in [0.1, 0.15) is 54.7 Å². The molecule has 0 saturated heterocycles. The molecule has 1 heterocycles. The summed E-state index contributed by atoms with van der Waals surface area (Å²) < 4.78 is 26.2. The van der Waals surface area contributed by atoms with Crippen molar-refractivity contribution in [3.8, 4) is 0 Å². The topological polar surface area (TPSA) is 59.8 Å². The Morgan fingerprint density at radius 2 is 1.95 bits per heavy atom. The Morgan fingerprint density at radius 1 is 1.29 bits per heavy atom. The van der Waals surface area contributed by atoms with E-state index >= 15 is 0 Å². The lowest BCUT2D eigenvalue weighted by Gasteiger charge is -2.28. The maximum Gasteiger partial charge on any atom is 0.273 e. The number of hydrogen-bond acceptors (Lipinski definition) is 3. The zero-order valence-electron chi connectivity index (χ0n) is 12.1. The minimum Gasteiger partial charge on any atom is -0.348 e. The number of carbonyl (C=O) groups is 1. The monoisotopic (exact) mass is 298 g/mol. The van der Waals surface area contributed by atoms with E-state index in [0.717, 1.165) is 6.54 Å². The molecule has 5 nitrogen and oxygen atoms in total. The lowest BCUT2D eigenvalue weighted by molar-refractivity contribution is -0.0399. The van der Waals surface area contributed by atoms with Crippen LogP contribution in [0.5, 0.6) is 0 Å². The fourth-order valence-corrected chi connectivity index (χ4v) is 2.69. The second-order valence-electron chi connectivity index (χ2n) is 6.24. The first-order valence-electron chi connectivity index (χ1n) is 7.53. The van der Waals surface area contributed by atoms with Gasteiger partial charge in [0.1, 0.15) is 0 Å². The molecule has 1 amide bonds. The summed E-state index contributed by atoms with van der Waals surface area (Å²) in [7, 11) is 0. The zero-order valence-corrected chi connectivity index (χ0v) is 12.1. The number of hydrogen-bond donors (Lipinski definition) is 1. The molecule has 1 aromatic rings. The van der Waals surface area contributed by atoms with Gasteiger partial charge in [-0.1, -0.05) is 0 Å². The maximum atomic E-state index is 13.1. The molecule has 0 aliphatic heterocycles. The first-order chi connectivity index (χ1) is 9.93. The molecule has 0 bridgehead atoms. The van der Waals surface area contributed by atoms with E-state index in [1.54, 1.807) is 11.7 Å². The first kappa shape index (κ1) is 14.4. The molecule has 0 atom stereocenters. The summed E-state index contributed by atoms with van der Waals surface area (Å²) in [4.78, 5) is 13.8. The van der Waals surface area contributed by atoms with Crippen molar-refractivity contribution in [3.05, 3.63) is 11.4 Å². The minimum absolute atomic E-state index is 0.161. The Labute approximate surface area is 122 Å². The molecule has 0 unspecified atom stereocenters. The van der Waals surface area contributed by atoms with Crippen molar-refractivity contribution in [2.75, 3.05) is 0 Å². The molecule has 116 valence electrons. The van der Waals surface area contributed by atoms with Crippen LogP contribution in [0.15, 0.2) is 0 Å². The second kappa shape index (κ2) is 5.35. The van der Waals surface area contributed by atoms with Gasteiger partial charge in [0.2, 0.25) is 5.92 Å². The number of amides is 1. The van der Waals surface area contributed by atoms with Crippen LogP contribution in [-0.4, -0.2) is 32.9 Å². The molecular weight excluding hydrogens is 278 g/mol. The molecule has 0 spiro atoms. The smallest absolute Gasteiger partial charge is 0.273 e. The summed E-state index contributed by atoms with van der Waals surface area (Å²) in [6, 6.07) is -0.190. The van der Waals surface area contributed by atoms with Gasteiger partial charge in [0, 0.05) is 18.9 Å². The Morgan fingerprint density at radius 3 is 2.57 bits per heavy atom. The number of rotatable bonds is 4. The van der Waals surface area contributed by atoms with Crippen LogP contribution in [-0.2, 0) is 6.54 Å². The Kier molecular flexibility index (Phi) is 3.67. The first-order valence-corrected chi connectivity index (χ1v) is 7.53. The normalized spacial score (nSPS) is 22.2. The Balaban J connectivity index is 1.58. The molecule has 3 rings (SSSR count). The average molecular weight is 298 g/mol. The van der Waals surface area contributed by atoms with E-state index in [2.05, 4.69) is 15.5 Å². The average Bonchev–Trinajstić information content (AvgIpc) is 3.14. The van der Waals surface area contributed by atoms with E-state index in [0.29, 0.717) is 30.1 Å². The lowest BCUT2D eigenvalue weighted by Crippen LogP contribution is -2.40. The van der Waals surface area contributed by atoms with Crippen LogP contribution in [0.4, 0.5) is 8.78 Å². The number of aromatic nitrogens is 3. The van der Waals surface area contributed by atoms with E-state index in [4.69, 9.17) is 0 Å². The zero-order chi connectivity index (χ0) is 15.0. The van der Waals surface area contributed by atoms with Crippen LogP contribution in [0.25, 0.3) is 0 Å². The second-order valence-corrected chi connectivity index (χ2v) is 6.24. The van der Waals surface area contributed by atoms with Gasteiger partial charge >= 0.3 is 0 Å². The number of carbonyl (C=O) groups excluding carboxylic acids is 1. The highest BCUT2D eigenvalue weighted by atomic mass is 19.3. The molecule has 2 saturated carbocycles. The number of aryl methyl sites for hydroxylation is 1. The molecule has 0 aromatic carbocycles. The minimum atomic E-state index is -2.58. The summed E-state index contributed by atoms with van der Waals surface area (Å²) in [6.07, 6.45) is 2.69. The molecule has 1 aromatic heterocycles. The van der Waals surface area contributed by atoms with Crippen LogP contribution < -0.4 is 5.32 Å². The van der Waals surface area contributed by atoms with Gasteiger partial charge in [-0.3, -0.25) is 4.79 Å². The van der Waals surface area contributed by atoms with Crippen molar-refractivity contribution in [2.24, 2.45) is 5.92 Å². The summed E-state index contributed by atoms with van der Waals surface area (Å²) in [5.74, 6) is -2.25. The van der Waals surface area contributed by atoms with Gasteiger partial charge in [0.15, 0.2) is 5.69 Å². The van der Waals surface area contributed by atoms with Crippen LogP contribution >= 0.6 is 0 Å². The fourth-order valence-electron chi connectivity index (χ4n) is 2.69. The van der Waals surface area contributed by atoms with E-state index in [9.17, 15) is 13.6 Å². The SMILES string of the molecule is Cc1nn(CC2CC2)nc1C(=O)NC1CCC(F)(F)CC1. The predicted octanol–water partition coefficient (Wildman–Crippen LogP) is 2.30. The molecule has 7 heteroatoms. The van der Waals surface area contributed by atoms with Gasteiger partial charge in [-0.05, 0) is 38.5 Å². The van der Waals surface area contributed by atoms with Crippen molar-refractivity contribution >= 4 is 5.91 Å². The van der Waals surface area contributed by atoms with Gasteiger partial charge < -0.3 is 5.32 Å². The van der Waals surface area contributed by atoms with E-state index in [1.165, 1.54) is 12.8 Å². The van der Waals surface area contributed by atoms with Crippen molar-refractivity contribution < 1.29 is 13.6 Å². The van der Waals surface area contributed by atoms with Gasteiger partial charge in [-0.25, -0.2) is 8.78 Å². The number of halogens is 2. The number of nitrogens with one attached hydrogen (secondary N) is 1. The van der Waals surface area contributed by atoms with Crippen molar-refractivity contribution in [3.63, 3.8) is 0 Å². The maximum absolute atomic E-state index is 13.1. The number of alkyl halides is 2.